The molecule has 0 aromatic heterocycles. The van der Waals surface area contributed by atoms with Crippen molar-refractivity contribution in [3.05, 3.63) is 83.9 Å². The predicted molar refractivity (Wildman–Crippen MR) is 105 cm³/mol. The zero-order valence-electron chi connectivity index (χ0n) is 15.6. The van der Waals surface area contributed by atoms with Crippen molar-refractivity contribution in [2.45, 2.75) is 32.2 Å². The molecule has 26 heavy (non-hydrogen) atoms. The van der Waals surface area contributed by atoms with Crippen molar-refractivity contribution in [1.82, 2.24) is 4.90 Å². The van der Waals surface area contributed by atoms with Gasteiger partial charge in [-0.3, -0.25) is 4.90 Å². The summed E-state index contributed by atoms with van der Waals surface area (Å²) >= 11 is 0. The number of benzene rings is 2. The molecule has 3 rings (SSSR count). The Balaban J connectivity index is 1.99. The van der Waals surface area contributed by atoms with Gasteiger partial charge in [-0.05, 0) is 29.0 Å². The molecule has 0 bridgehead atoms. The molecule has 0 saturated heterocycles. The largest absolute Gasteiger partial charge is 0.449 e. The van der Waals surface area contributed by atoms with Gasteiger partial charge in [0.25, 0.3) is 0 Å². The molecule has 0 aliphatic carbocycles. The summed E-state index contributed by atoms with van der Waals surface area (Å²) in [5.41, 5.74) is 3.70. The maximum absolute atomic E-state index is 12.8. The molecule has 1 heterocycles. The van der Waals surface area contributed by atoms with E-state index in [-0.39, 0.29) is 18.1 Å². The highest BCUT2D eigenvalue weighted by Gasteiger charge is 2.36. The molecule has 0 radical (unpaired) electrons. The van der Waals surface area contributed by atoms with Gasteiger partial charge in [0, 0.05) is 12.5 Å². The van der Waals surface area contributed by atoms with Gasteiger partial charge >= 0.3 is 6.09 Å². The number of hydrogen-bond acceptors (Lipinski definition) is 2. The summed E-state index contributed by atoms with van der Waals surface area (Å²) in [6.45, 7) is 9.05. The van der Waals surface area contributed by atoms with Gasteiger partial charge in [0.05, 0.1) is 12.6 Å². The fourth-order valence-electron chi connectivity index (χ4n) is 3.63. The summed E-state index contributed by atoms with van der Waals surface area (Å²) in [7, 11) is 0. The Bertz CT molecular complexity index is 754. The van der Waals surface area contributed by atoms with Crippen LogP contribution in [0.4, 0.5) is 4.79 Å². The monoisotopic (exact) mass is 349 g/mol. The summed E-state index contributed by atoms with van der Waals surface area (Å²) in [6, 6.07) is 18.8. The van der Waals surface area contributed by atoms with Crippen LogP contribution >= 0.6 is 0 Å². The Kier molecular flexibility index (Phi) is 5.77. The van der Waals surface area contributed by atoms with Gasteiger partial charge in [-0.15, -0.1) is 6.58 Å². The van der Waals surface area contributed by atoms with E-state index in [1.807, 2.05) is 37.0 Å². The highest BCUT2D eigenvalue weighted by atomic mass is 16.6. The summed E-state index contributed by atoms with van der Waals surface area (Å²) < 4.78 is 5.57. The lowest BCUT2D eigenvalue weighted by atomic mass is 9.80. The van der Waals surface area contributed by atoms with Gasteiger partial charge in [-0.2, -0.15) is 0 Å². The summed E-state index contributed by atoms with van der Waals surface area (Å²) in [6.07, 6.45) is 2.36. The number of rotatable bonds is 5. The average molecular weight is 349 g/mol. The van der Waals surface area contributed by atoms with E-state index >= 15 is 0 Å². The van der Waals surface area contributed by atoms with Gasteiger partial charge in [0.1, 0.15) is 0 Å². The number of amides is 1. The molecule has 1 amide bonds. The first kappa shape index (κ1) is 18.2. The minimum Gasteiger partial charge on any atom is -0.449 e. The van der Waals surface area contributed by atoms with Gasteiger partial charge in [0.2, 0.25) is 0 Å². The first-order valence-corrected chi connectivity index (χ1v) is 9.29. The van der Waals surface area contributed by atoms with E-state index in [9.17, 15) is 4.79 Å². The van der Waals surface area contributed by atoms with E-state index in [2.05, 4.69) is 49.0 Å². The van der Waals surface area contributed by atoms with Crippen LogP contribution in [0.1, 0.15) is 48.9 Å². The van der Waals surface area contributed by atoms with Gasteiger partial charge in [-0.25, -0.2) is 4.79 Å². The summed E-state index contributed by atoms with van der Waals surface area (Å²) in [5.74, 6) is 0.471. The van der Waals surface area contributed by atoms with E-state index in [1.54, 1.807) is 0 Å². The molecule has 0 saturated carbocycles. The molecule has 136 valence electrons. The van der Waals surface area contributed by atoms with Gasteiger partial charge in [0.15, 0.2) is 0 Å². The Hall–Kier alpha value is -2.55. The minimum absolute atomic E-state index is 0.0247. The van der Waals surface area contributed by atoms with Crippen molar-refractivity contribution in [2.24, 2.45) is 5.92 Å². The Labute approximate surface area is 156 Å². The third kappa shape index (κ3) is 3.82. The topological polar surface area (TPSA) is 29.5 Å². The molecule has 0 fully saturated rings. The van der Waals surface area contributed by atoms with Crippen LogP contribution < -0.4 is 0 Å². The van der Waals surface area contributed by atoms with E-state index in [0.717, 1.165) is 6.42 Å². The van der Waals surface area contributed by atoms with Crippen molar-refractivity contribution < 1.29 is 9.53 Å². The molecule has 0 spiro atoms. The maximum Gasteiger partial charge on any atom is 0.410 e. The average Bonchev–Trinajstić information content (AvgIpc) is 2.67. The highest BCUT2D eigenvalue weighted by molar-refractivity contribution is 5.69. The van der Waals surface area contributed by atoms with Crippen LogP contribution in [-0.2, 0) is 4.74 Å². The van der Waals surface area contributed by atoms with Crippen molar-refractivity contribution >= 4 is 6.09 Å². The van der Waals surface area contributed by atoms with E-state index < -0.39 is 0 Å². The summed E-state index contributed by atoms with van der Waals surface area (Å²) in [4.78, 5) is 14.7. The second-order valence-corrected chi connectivity index (χ2v) is 7.26. The van der Waals surface area contributed by atoms with Crippen LogP contribution in [0, 0.1) is 5.92 Å². The zero-order valence-corrected chi connectivity index (χ0v) is 15.6. The van der Waals surface area contributed by atoms with Gasteiger partial charge < -0.3 is 4.74 Å². The van der Waals surface area contributed by atoms with Gasteiger partial charge in [-0.1, -0.05) is 74.5 Å². The first-order chi connectivity index (χ1) is 12.6. The predicted octanol–water partition coefficient (Wildman–Crippen LogP) is 5.54. The summed E-state index contributed by atoms with van der Waals surface area (Å²) in [5, 5.41) is 0. The normalized spacial score (nSPS) is 19.1. The SMILES string of the molecule is C=CC[C@@H]1c2ccccc2[C@H](c2ccccc2)CN1C(=O)OCC(C)C. The Morgan fingerprint density at radius 2 is 1.81 bits per heavy atom. The Morgan fingerprint density at radius 3 is 2.46 bits per heavy atom. The van der Waals surface area contributed by atoms with Crippen molar-refractivity contribution in [3.8, 4) is 0 Å². The van der Waals surface area contributed by atoms with Crippen LogP contribution in [0.15, 0.2) is 67.3 Å². The van der Waals surface area contributed by atoms with Crippen LogP contribution in [0.3, 0.4) is 0 Å². The van der Waals surface area contributed by atoms with Crippen LogP contribution in [0.2, 0.25) is 0 Å². The third-order valence-electron chi connectivity index (χ3n) is 4.85. The lowest BCUT2D eigenvalue weighted by Crippen LogP contribution is -2.42. The molecule has 2 aromatic carbocycles. The molecule has 2 aromatic rings. The number of fused-ring (bicyclic) bond motifs is 1. The molecule has 1 aliphatic rings. The molecule has 0 unspecified atom stereocenters. The fraction of sp³-hybridized carbons (Fsp3) is 0.348. The quantitative estimate of drug-likeness (QED) is 0.663. The Morgan fingerprint density at radius 1 is 1.15 bits per heavy atom. The highest BCUT2D eigenvalue weighted by Crippen LogP contribution is 2.41. The van der Waals surface area contributed by atoms with Crippen LogP contribution in [0.25, 0.3) is 0 Å². The minimum atomic E-state index is -0.235. The van der Waals surface area contributed by atoms with E-state index in [0.29, 0.717) is 19.1 Å². The molecular weight excluding hydrogens is 322 g/mol. The molecule has 3 heteroatoms. The zero-order chi connectivity index (χ0) is 18.5. The van der Waals surface area contributed by atoms with Crippen molar-refractivity contribution in [1.29, 1.82) is 0 Å². The molecule has 3 nitrogen and oxygen atoms in total. The van der Waals surface area contributed by atoms with Crippen LogP contribution in [-0.4, -0.2) is 24.1 Å². The number of carbonyl (C=O) groups is 1. The third-order valence-corrected chi connectivity index (χ3v) is 4.85. The maximum atomic E-state index is 12.8. The molecule has 0 N–H and O–H groups in total. The van der Waals surface area contributed by atoms with E-state index in [4.69, 9.17) is 4.74 Å². The van der Waals surface area contributed by atoms with Crippen molar-refractivity contribution in [3.63, 3.8) is 0 Å². The smallest absolute Gasteiger partial charge is 0.410 e. The lowest BCUT2D eigenvalue weighted by molar-refractivity contribution is 0.0719. The fourth-order valence-corrected chi connectivity index (χ4v) is 3.63. The number of carbonyl (C=O) groups excluding carboxylic acids is 1. The van der Waals surface area contributed by atoms with Crippen molar-refractivity contribution in [2.75, 3.05) is 13.2 Å². The standard InChI is InChI=1S/C23H27NO2/c1-4-10-22-20-14-9-8-13-19(20)21(18-11-6-5-7-12-18)15-24(22)23(25)26-16-17(2)3/h4-9,11-14,17,21-22H,1,10,15-16H2,2-3H3/t21-,22+/m0/s1. The van der Waals surface area contributed by atoms with E-state index in [1.165, 1.54) is 16.7 Å². The number of nitrogens with zero attached hydrogens (tertiary/aromatic N) is 1. The number of ether oxygens (including phenoxy) is 1. The second kappa shape index (κ2) is 8.22. The molecule has 2 atom stereocenters. The second-order valence-electron chi connectivity index (χ2n) is 7.26. The molecule has 1 aliphatic heterocycles. The molecular formula is C23H27NO2. The first-order valence-electron chi connectivity index (χ1n) is 9.29. The lowest BCUT2D eigenvalue weighted by Gasteiger charge is -2.40. The van der Waals surface area contributed by atoms with Crippen LogP contribution in [0.5, 0.6) is 0 Å². The number of hydrogen-bond donors (Lipinski definition) is 0.